The second-order valence-corrected chi connectivity index (χ2v) is 6.75. The first-order chi connectivity index (χ1) is 13.6. The Morgan fingerprint density at radius 2 is 1.18 bits per heavy atom. The van der Waals surface area contributed by atoms with Gasteiger partial charge in [-0.1, -0.05) is 54.6 Å². The first kappa shape index (κ1) is 21.5. The highest BCUT2D eigenvalue weighted by Crippen LogP contribution is 2.40. The molecule has 0 heterocycles. The molecule has 3 aromatic rings. The maximum absolute atomic E-state index is 5.71. The smallest absolute Gasteiger partial charge is 0.126 e. The number of hydrogen-bond acceptors (Lipinski definition) is 3. The summed E-state index contributed by atoms with van der Waals surface area (Å²) in [6.07, 6.45) is 0. The number of rotatable bonds is 5. The summed E-state index contributed by atoms with van der Waals surface area (Å²) in [5.74, 6) is 1.76. The number of hydrogen-bond donors (Lipinski definition) is 1. The molecule has 0 aliphatic carbocycles. The minimum absolute atomic E-state index is 0.114. The summed E-state index contributed by atoms with van der Waals surface area (Å²) < 4.78 is 11.1. The zero-order chi connectivity index (χ0) is 20.5. The van der Waals surface area contributed by atoms with Crippen molar-refractivity contribution in [3.05, 3.63) is 94.5 Å². The van der Waals surface area contributed by atoms with Gasteiger partial charge in [-0.25, -0.2) is 0 Å². The van der Waals surface area contributed by atoms with Gasteiger partial charge < -0.3 is 14.8 Å². The van der Waals surface area contributed by atoms with E-state index in [1.807, 2.05) is 26.2 Å². The van der Waals surface area contributed by atoms with E-state index in [4.69, 9.17) is 9.47 Å². The Kier molecular flexibility index (Phi) is 8.09. The largest absolute Gasteiger partial charge is 0.497 e. The minimum Gasteiger partial charge on any atom is -0.497 e. The third-order valence-corrected chi connectivity index (χ3v) is 4.75. The van der Waals surface area contributed by atoms with Gasteiger partial charge in [-0.2, -0.15) is 0 Å². The first-order valence-electron chi connectivity index (χ1n) is 9.48. The van der Waals surface area contributed by atoms with Gasteiger partial charge in [0.2, 0.25) is 0 Å². The highest BCUT2D eigenvalue weighted by molar-refractivity contribution is 5.54. The van der Waals surface area contributed by atoms with Crippen LogP contribution in [0.25, 0.3) is 0 Å². The van der Waals surface area contributed by atoms with Crippen LogP contribution in [0.2, 0.25) is 0 Å². The van der Waals surface area contributed by atoms with Crippen LogP contribution in [0.4, 0.5) is 0 Å². The molecule has 3 aromatic carbocycles. The van der Waals surface area contributed by atoms with E-state index in [0.29, 0.717) is 0 Å². The van der Waals surface area contributed by atoms with E-state index in [1.165, 1.54) is 22.3 Å². The second-order valence-electron chi connectivity index (χ2n) is 6.75. The third kappa shape index (κ3) is 4.93. The van der Waals surface area contributed by atoms with E-state index < -0.39 is 0 Å². The van der Waals surface area contributed by atoms with Crippen LogP contribution in [0.5, 0.6) is 11.5 Å². The molecule has 0 spiro atoms. The molecule has 1 N–H and O–H groups in total. The predicted molar refractivity (Wildman–Crippen MR) is 118 cm³/mol. The first-order valence-corrected chi connectivity index (χ1v) is 9.48. The van der Waals surface area contributed by atoms with E-state index in [9.17, 15) is 0 Å². The van der Waals surface area contributed by atoms with Gasteiger partial charge in [0.15, 0.2) is 0 Å². The van der Waals surface area contributed by atoms with Gasteiger partial charge in [0.1, 0.15) is 11.5 Å². The minimum atomic E-state index is 0.114. The summed E-state index contributed by atoms with van der Waals surface area (Å²) in [5.41, 5.74) is 6.27. The van der Waals surface area contributed by atoms with Crippen LogP contribution in [0, 0.1) is 13.8 Å². The Hall–Kier alpha value is -2.78. The van der Waals surface area contributed by atoms with Crippen molar-refractivity contribution in [1.82, 2.24) is 5.32 Å². The SMILES string of the molecule is CNC.COc1ccc(C(c2ccccc2C)c2ccccc2C)c(OC)c1. The van der Waals surface area contributed by atoms with Crippen LogP contribution in [0.1, 0.15) is 33.7 Å². The molecule has 0 atom stereocenters. The summed E-state index contributed by atoms with van der Waals surface area (Å²) in [6, 6.07) is 23.2. The number of nitrogens with one attached hydrogen (secondary N) is 1. The highest BCUT2D eigenvalue weighted by atomic mass is 16.5. The van der Waals surface area contributed by atoms with Gasteiger partial charge in [-0.3, -0.25) is 0 Å². The quantitative estimate of drug-likeness (QED) is 0.609. The van der Waals surface area contributed by atoms with Gasteiger partial charge in [-0.05, 0) is 56.3 Å². The molecule has 28 heavy (non-hydrogen) atoms. The van der Waals surface area contributed by atoms with Gasteiger partial charge in [0, 0.05) is 17.5 Å². The molecular formula is C25H31NO2. The molecule has 0 radical (unpaired) electrons. The maximum Gasteiger partial charge on any atom is 0.126 e. The highest BCUT2D eigenvalue weighted by Gasteiger charge is 2.23. The van der Waals surface area contributed by atoms with Gasteiger partial charge in [0.25, 0.3) is 0 Å². The zero-order valence-corrected chi connectivity index (χ0v) is 17.7. The lowest BCUT2D eigenvalue weighted by molar-refractivity contribution is 0.390. The molecule has 0 fully saturated rings. The summed E-state index contributed by atoms with van der Waals surface area (Å²) >= 11 is 0. The molecular weight excluding hydrogens is 346 g/mol. The van der Waals surface area contributed by atoms with Crippen LogP contribution in [0.15, 0.2) is 66.7 Å². The van der Waals surface area contributed by atoms with Crippen molar-refractivity contribution in [1.29, 1.82) is 0 Å². The predicted octanol–water partition coefficient (Wildman–Crippen LogP) is 5.34. The van der Waals surface area contributed by atoms with Crippen molar-refractivity contribution in [2.75, 3.05) is 28.3 Å². The third-order valence-electron chi connectivity index (χ3n) is 4.75. The fourth-order valence-electron chi connectivity index (χ4n) is 3.38. The number of ether oxygens (including phenoxy) is 2. The Labute approximate surface area is 169 Å². The van der Waals surface area contributed by atoms with Crippen LogP contribution in [-0.4, -0.2) is 28.3 Å². The van der Waals surface area contributed by atoms with Crippen molar-refractivity contribution in [2.45, 2.75) is 19.8 Å². The normalized spacial score (nSPS) is 10.2. The fourth-order valence-corrected chi connectivity index (χ4v) is 3.38. The van der Waals surface area contributed by atoms with Crippen LogP contribution in [0.3, 0.4) is 0 Å². The number of methoxy groups -OCH3 is 2. The molecule has 3 nitrogen and oxygen atoms in total. The van der Waals surface area contributed by atoms with Crippen molar-refractivity contribution in [3.8, 4) is 11.5 Å². The monoisotopic (exact) mass is 377 g/mol. The molecule has 148 valence electrons. The molecule has 0 aliphatic heterocycles. The standard InChI is InChI=1S/C23H24O2.C2H7N/c1-16-9-5-7-11-19(16)23(20-12-8-6-10-17(20)2)21-14-13-18(24-3)15-22(21)25-4;1-3-2/h5-15,23H,1-4H3;3H,1-2H3. The summed E-state index contributed by atoms with van der Waals surface area (Å²) in [5, 5.41) is 2.75. The Balaban J connectivity index is 0.000000878. The van der Waals surface area contributed by atoms with Crippen LogP contribution >= 0.6 is 0 Å². The second kappa shape index (κ2) is 10.5. The number of benzene rings is 3. The lowest BCUT2D eigenvalue weighted by atomic mass is 9.81. The van der Waals surface area contributed by atoms with E-state index in [1.54, 1.807) is 14.2 Å². The Morgan fingerprint density at radius 3 is 1.61 bits per heavy atom. The summed E-state index contributed by atoms with van der Waals surface area (Å²) in [7, 11) is 7.14. The molecule has 3 rings (SSSR count). The molecule has 0 saturated carbocycles. The topological polar surface area (TPSA) is 30.5 Å². The maximum atomic E-state index is 5.71. The van der Waals surface area contributed by atoms with E-state index >= 15 is 0 Å². The summed E-state index contributed by atoms with van der Waals surface area (Å²) in [4.78, 5) is 0. The Bertz CT molecular complexity index is 844. The number of aryl methyl sites for hydroxylation is 2. The lowest BCUT2D eigenvalue weighted by Crippen LogP contribution is -2.08. The molecule has 0 saturated heterocycles. The van der Waals surface area contributed by atoms with Crippen molar-refractivity contribution in [2.24, 2.45) is 0 Å². The molecule has 3 heteroatoms. The van der Waals surface area contributed by atoms with E-state index in [-0.39, 0.29) is 5.92 Å². The molecule has 0 aliphatic rings. The van der Waals surface area contributed by atoms with Crippen LogP contribution < -0.4 is 14.8 Å². The molecule has 0 bridgehead atoms. The van der Waals surface area contributed by atoms with Crippen LogP contribution in [-0.2, 0) is 0 Å². The Morgan fingerprint density at radius 1 is 0.679 bits per heavy atom. The van der Waals surface area contributed by atoms with Crippen molar-refractivity contribution < 1.29 is 9.47 Å². The van der Waals surface area contributed by atoms with E-state index in [0.717, 1.165) is 17.1 Å². The average Bonchev–Trinajstić information content (AvgIpc) is 2.71. The molecule has 0 aromatic heterocycles. The molecule has 0 amide bonds. The average molecular weight is 378 g/mol. The molecule has 0 unspecified atom stereocenters. The van der Waals surface area contributed by atoms with Crippen molar-refractivity contribution in [3.63, 3.8) is 0 Å². The zero-order valence-electron chi connectivity index (χ0n) is 17.7. The summed E-state index contributed by atoms with van der Waals surface area (Å²) in [6.45, 7) is 4.33. The van der Waals surface area contributed by atoms with Gasteiger partial charge in [0.05, 0.1) is 14.2 Å². The van der Waals surface area contributed by atoms with E-state index in [2.05, 4.69) is 73.8 Å². The van der Waals surface area contributed by atoms with Gasteiger partial charge >= 0.3 is 0 Å². The fraction of sp³-hybridized carbons (Fsp3) is 0.280. The van der Waals surface area contributed by atoms with Crippen molar-refractivity contribution >= 4 is 0 Å². The lowest BCUT2D eigenvalue weighted by Gasteiger charge is -2.24. The van der Waals surface area contributed by atoms with Gasteiger partial charge in [-0.15, -0.1) is 0 Å².